The molecule has 0 aliphatic heterocycles. The highest BCUT2D eigenvalue weighted by atomic mass is 16.5. The fraction of sp³-hybridized carbons (Fsp3) is 0.900. The van der Waals surface area contributed by atoms with Crippen LogP contribution < -0.4 is 0 Å². The predicted octanol–water partition coefficient (Wildman–Crippen LogP) is 5.23. The third-order valence-corrected chi connectivity index (χ3v) is 5.81. The van der Waals surface area contributed by atoms with Gasteiger partial charge in [-0.15, -0.1) is 0 Å². The van der Waals surface area contributed by atoms with Crippen molar-refractivity contribution >= 4 is 0 Å². The fourth-order valence-electron chi connectivity index (χ4n) is 4.34. The van der Waals surface area contributed by atoms with Crippen molar-refractivity contribution in [1.29, 1.82) is 0 Å². The SMILES string of the molecule is C/C=C\COCC1CCC(C2CCC(COCC)CC2)CC1. The average molecular weight is 309 g/mol. The van der Waals surface area contributed by atoms with Gasteiger partial charge in [0.2, 0.25) is 0 Å². The van der Waals surface area contributed by atoms with Crippen LogP contribution >= 0.6 is 0 Å². The maximum Gasteiger partial charge on any atom is 0.0647 e. The zero-order valence-electron chi connectivity index (χ0n) is 14.8. The Labute approximate surface area is 137 Å². The van der Waals surface area contributed by atoms with Gasteiger partial charge in [-0.25, -0.2) is 0 Å². The summed E-state index contributed by atoms with van der Waals surface area (Å²) in [5, 5.41) is 0. The smallest absolute Gasteiger partial charge is 0.0647 e. The quantitative estimate of drug-likeness (QED) is 0.451. The van der Waals surface area contributed by atoms with E-state index >= 15 is 0 Å². The Kier molecular flexibility index (Phi) is 8.54. The molecule has 2 heteroatoms. The number of rotatable bonds is 8. The largest absolute Gasteiger partial charge is 0.381 e. The van der Waals surface area contributed by atoms with Crippen LogP contribution in [-0.4, -0.2) is 26.4 Å². The maximum atomic E-state index is 5.75. The second kappa shape index (κ2) is 10.4. The van der Waals surface area contributed by atoms with E-state index in [9.17, 15) is 0 Å². The van der Waals surface area contributed by atoms with E-state index in [0.29, 0.717) is 0 Å². The summed E-state index contributed by atoms with van der Waals surface area (Å²) in [6, 6.07) is 0. The van der Waals surface area contributed by atoms with Gasteiger partial charge in [0.25, 0.3) is 0 Å². The molecule has 128 valence electrons. The predicted molar refractivity (Wildman–Crippen MR) is 93.0 cm³/mol. The van der Waals surface area contributed by atoms with Gasteiger partial charge in [-0.05, 0) is 88.9 Å². The molecule has 0 heterocycles. The normalized spacial score (nSPS) is 33.4. The molecule has 22 heavy (non-hydrogen) atoms. The van der Waals surface area contributed by atoms with Crippen LogP contribution in [0.2, 0.25) is 0 Å². The molecule has 0 atom stereocenters. The molecular weight excluding hydrogens is 272 g/mol. The monoisotopic (exact) mass is 308 g/mol. The van der Waals surface area contributed by atoms with E-state index in [2.05, 4.69) is 26.0 Å². The minimum Gasteiger partial charge on any atom is -0.381 e. The molecule has 2 saturated carbocycles. The summed E-state index contributed by atoms with van der Waals surface area (Å²) in [6.07, 6.45) is 15.5. The highest BCUT2D eigenvalue weighted by molar-refractivity contribution is 4.82. The van der Waals surface area contributed by atoms with Crippen molar-refractivity contribution in [2.24, 2.45) is 23.7 Å². The van der Waals surface area contributed by atoms with E-state index in [1.165, 1.54) is 51.4 Å². The molecule has 0 aromatic rings. The minimum atomic E-state index is 0.792. The van der Waals surface area contributed by atoms with Crippen LogP contribution in [0.3, 0.4) is 0 Å². The zero-order valence-corrected chi connectivity index (χ0v) is 14.8. The molecule has 0 spiro atoms. The van der Waals surface area contributed by atoms with Gasteiger partial charge < -0.3 is 9.47 Å². The molecule has 0 N–H and O–H groups in total. The Morgan fingerprint density at radius 3 is 1.73 bits per heavy atom. The molecular formula is C20H36O2. The number of ether oxygens (including phenoxy) is 2. The van der Waals surface area contributed by atoms with Crippen molar-refractivity contribution in [3.8, 4) is 0 Å². The molecule has 2 rings (SSSR count). The Bertz CT molecular complexity index is 297. The topological polar surface area (TPSA) is 18.5 Å². The Morgan fingerprint density at radius 1 is 0.773 bits per heavy atom. The van der Waals surface area contributed by atoms with Crippen molar-refractivity contribution < 1.29 is 9.47 Å². The molecule has 2 fully saturated rings. The average Bonchev–Trinajstić information content (AvgIpc) is 2.58. The van der Waals surface area contributed by atoms with Gasteiger partial charge in [-0.3, -0.25) is 0 Å². The third-order valence-electron chi connectivity index (χ3n) is 5.81. The Morgan fingerprint density at radius 2 is 1.27 bits per heavy atom. The van der Waals surface area contributed by atoms with E-state index in [1.807, 2.05) is 0 Å². The lowest BCUT2D eigenvalue weighted by Crippen LogP contribution is -2.28. The highest BCUT2D eigenvalue weighted by Gasteiger charge is 2.30. The van der Waals surface area contributed by atoms with Crippen molar-refractivity contribution in [2.75, 3.05) is 26.4 Å². The lowest BCUT2D eigenvalue weighted by Gasteiger charge is -2.37. The van der Waals surface area contributed by atoms with Crippen LogP contribution in [0, 0.1) is 23.7 Å². The van der Waals surface area contributed by atoms with Crippen LogP contribution in [0.4, 0.5) is 0 Å². The summed E-state index contributed by atoms with van der Waals surface area (Å²) >= 11 is 0. The maximum absolute atomic E-state index is 5.75. The van der Waals surface area contributed by atoms with E-state index in [-0.39, 0.29) is 0 Å². The molecule has 0 saturated heterocycles. The summed E-state index contributed by atoms with van der Waals surface area (Å²) in [6.45, 7) is 7.79. The van der Waals surface area contributed by atoms with Gasteiger partial charge >= 0.3 is 0 Å². The van der Waals surface area contributed by atoms with Crippen molar-refractivity contribution in [2.45, 2.75) is 65.2 Å². The second-order valence-corrected chi connectivity index (χ2v) is 7.33. The van der Waals surface area contributed by atoms with Crippen LogP contribution in [0.1, 0.15) is 65.2 Å². The molecule has 0 bridgehead atoms. The third kappa shape index (κ3) is 6.04. The molecule has 0 unspecified atom stereocenters. The Balaban J connectivity index is 1.59. The number of hydrogen-bond donors (Lipinski definition) is 0. The van der Waals surface area contributed by atoms with Crippen LogP contribution in [0.5, 0.6) is 0 Å². The number of hydrogen-bond acceptors (Lipinski definition) is 2. The summed E-state index contributed by atoms with van der Waals surface area (Å²) in [7, 11) is 0. The van der Waals surface area contributed by atoms with Gasteiger partial charge in [0.1, 0.15) is 0 Å². The summed E-state index contributed by atoms with van der Waals surface area (Å²) in [4.78, 5) is 0. The van der Waals surface area contributed by atoms with Crippen LogP contribution in [-0.2, 0) is 9.47 Å². The standard InChI is InChI=1S/C20H36O2/c1-3-5-14-22-16-18-8-12-20(13-9-18)19-10-6-17(7-11-19)15-21-4-2/h3,5,17-20H,4,6-16H2,1-2H3/b5-3-. The second-order valence-electron chi connectivity index (χ2n) is 7.33. The summed E-state index contributed by atoms with van der Waals surface area (Å²) in [5.74, 6) is 3.66. The van der Waals surface area contributed by atoms with Crippen molar-refractivity contribution in [3.05, 3.63) is 12.2 Å². The first-order valence-corrected chi connectivity index (χ1v) is 9.60. The van der Waals surface area contributed by atoms with E-state index in [0.717, 1.165) is 50.1 Å². The Hall–Kier alpha value is -0.340. The lowest BCUT2D eigenvalue weighted by atomic mass is 9.69. The summed E-state index contributed by atoms with van der Waals surface area (Å²) in [5.41, 5.74) is 0. The molecule has 0 radical (unpaired) electrons. The van der Waals surface area contributed by atoms with Crippen molar-refractivity contribution in [3.63, 3.8) is 0 Å². The fourth-order valence-corrected chi connectivity index (χ4v) is 4.34. The zero-order chi connectivity index (χ0) is 15.6. The van der Waals surface area contributed by atoms with E-state index in [4.69, 9.17) is 9.47 Å². The van der Waals surface area contributed by atoms with E-state index < -0.39 is 0 Å². The van der Waals surface area contributed by atoms with Crippen molar-refractivity contribution in [1.82, 2.24) is 0 Å². The first-order chi connectivity index (χ1) is 10.8. The molecule has 0 amide bonds. The highest BCUT2D eigenvalue weighted by Crippen LogP contribution is 2.41. The van der Waals surface area contributed by atoms with Gasteiger partial charge in [-0.1, -0.05) is 12.2 Å². The molecule has 2 nitrogen and oxygen atoms in total. The molecule has 0 aromatic carbocycles. The van der Waals surface area contributed by atoms with E-state index in [1.54, 1.807) is 0 Å². The number of allylic oxidation sites excluding steroid dienone is 1. The molecule has 2 aliphatic carbocycles. The van der Waals surface area contributed by atoms with Gasteiger partial charge in [0.05, 0.1) is 6.61 Å². The summed E-state index contributed by atoms with van der Waals surface area (Å²) < 4.78 is 11.3. The molecule has 0 aromatic heterocycles. The van der Waals surface area contributed by atoms with Gasteiger partial charge in [0.15, 0.2) is 0 Å². The first-order valence-electron chi connectivity index (χ1n) is 9.60. The first kappa shape index (κ1) is 18.0. The molecule has 2 aliphatic rings. The van der Waals surface area contributed by atoms with Gasteiger partial charge in [-0.2, -0.15) is 0 Å². The van der Waals surface area contributed by atoms with Gasteiger partial charge in [0, 0.05) is 19.8 Å². The lowest BCUT2D eigenvalue weighted by molar-refractivity contribution is 0.0595. The minimum absolute atomic E-state index is 0.792. The van der Waals surface area contributed by atoms with Crippen LogP contribution in [0.25, 0.3) is 0 Å². The van der Waals surface area contributed by atoms with Crippen LogP contribution in [0.15, 0.2) is 12.2 Å².